The van der Waals surface area contributed by atoms with Crippen LogP contribution in [-0.4, -0.2) is 45.0 Å². The van der Waals surface area contributed by atoms with E-state index in [0.717, 1.165) is 0 Å². The van der Waals surface area contributed by atoms with Gasteiger partial charge in [0.2, 0.25) is 0 Å². The smallest absolute Gasteiger partial charge is 0.0713 e. The molecule has 1 aromatic carbocycles. The van der Waals surface area contributed by atoms with E-state index < -0.39 is 0 Å². The zero-order valence-corrected chi connectivity index (χ0v) is 18.5. The van der Waals surface area contributed by atoms with Gasteiger partial charge in [-0.2, -0.15) is 11.8 Å². The number of ether oxygens (including phenoxy) is 3. The van der Waals surface area contributed by atoms with Gasteiger partial charge in [-0.05, 0) is 32.6 Å². The Balaban J connectivity index is -0.000000263. The lowest BCUT2D eigenvalue weighted by atomic mass is 10.2. The molecule has 144 valence electrons. The van der Waals surface area contributed by atoms with Crippen molar-refractivity contribution in [2.75, 3.05) is 34.7 Å². The van der Waals surface area contributed by atoms with Crippen molar-refractivity contribution in [3.05, 3.63) is 35.9 Å². The van der Waals surface area contributed by atoms with Gasteiger partial charge in [0.1, 0.15) is 0 Å². The first kappa shape index (κ1) is 28.3. The van der Waals surface area contributed by atoms with Gasteiger partial charge in [-0.3, -0.25) is 0 Å². The van der Waals surface area contributed by atoms with Crippen molar-refractivity contribution in [1.82, 2.24) is 0 Å². The SMILES string of the molecule is COC.COC(C)(C)C.COCc1ccccc1.CSC(C)(C)C. The summed E-state index contributed by atoms with van der Waals surface area (Å²) in [6.07, 6.45) is 2.12. The van der Waals surface area contributed by atoms with Crippen molar-refractivity contribution in [3.8, 4) is 0 Å². The summed E-state index contributed by atoms with van der Waals surface area (Å²) in [4.78, 5) is 0. The second kappa shape index (κ2) is 17.3. The summed E-state index contributed by atoms with van der Waals surface area (Å²) >= 11 is 1.88. The number of hydrogen-bond donors (Lipinski definition) is 0. The Bertz CT molecular complexity index is 326. The van der Waals surface area contributed by atoms with Gasteiger partial charge in [-0.1, -0.05) is 51.1 Å². The molecular weight excluding hydrogens is 320 g/mol. The van der Waals surface area contributed by atoms with Crippen LogP contribution in [-0.2, 0) is 20.8 Å². The lowest BCUT2D eigenvalue weighted by Crippen LogP contribution is -2.15. The van der Waals surface area contributed by atoms with Crippen LogP contribution < -0.4 is 0 Å². The van der Waals surface area contributed by atoms with Crippen LogP contribution >= 0.6 is 11.8 Å². The first-order valence-corrected chi connectivity index (χ1v) is 9.23. The van der Waals surface area contributed by atoms with E-state index in [9.17, 15) is 0 Å². The Kier molecular flexibility index (Phi) is 20.3. The largest absolute Gasteiger partial charge is 0.388 e. The Morgan fingerprint density at radius 3 is 1.38 bits per heavy atom. The third kappa shape index (κ3) is 33.1. The fraction of sp³-hybridized carbons (Fsp3) is 0.700. The molecule has 0 atom stereocenters. The molecule has 0 aliphatic heterocycles. The van der Waals surface area contributed by atoms with Gasteiger partial charge >= 0.3 is 0 Å². The zero-order chi connectivity index (χ0) is 19.6. The van der Waals surface area contributed by atoms with Crippen molar-refractivity contribution < 1.29 is 14.2 Å². The third-order valence-corrected chi connectivity index (χ3v) is 3.60. The Morgan fingerprint density at radius 1 is 0.833 bits per heavy atom. The molecule has 0 N–H and O–H groups in total. The van der Waals surface area contributed by atoms with Crippen LogP contribution in [0.15, 0.2) is 30.3 Å². The van der Waals surface area contributed by atoms with E-state index in [0.29, 0.717) is 11.4 Å². The molecule has 0 amide bonds. The highest BCUT2D eigenvalue weighted by molar-refractivity contribution is 7.99. The van der Waals surface area contributed by atoms with E-state index in [1.807, 2.05) is 62.9 Å². The van der Waals surface area contributed by atoms with Crippen molar-refractivity contribution >= 4 is 11.8 Å². The predicted octanol–water partition coefficient (Wildman–Crippen LogP) is 5.67. The molecule has 0 radical (unpaired) electrons. The second-order valence-corrected chi connectivity index (χ2v) is 8.59. The summed E-state index contributed by atoms with van der Waals surface area (Å²) in [5.74, 6) is 0. The lowest BCUT2D eigenvalue weighted by Gasteiger charge is -2.14. The van der Waals surface area contributed by atoms with Crippen LogP contribution in [0.2, 0.25) is 0 Å². The summed E-state index contributed by atoms with van der Waals surface area (Å²) in [7, 11) is 6.66. The maximum Gasteiger partial charge on any atom is 0.0713 e. The van der Waals surface area contributed by atoms with Gasteiger partial charge in [0.25, 0.3) is 0 Å². The van der Waals surface area contributed by atoms with Gasteiger partial charge in [-0.15, -0.1) is 0 Å². The first-order chi connectivity index (χ1) is 11.0. The van der Waals surface area contributed by atoms with Gasteiger partial charge in [0.05, 0.1) is 12.2 Å². The molecule has 0 heterocycles. The molecule has 0 fully saturated rings. The van der Waals surface area contributed by atoms with E-state index in [2.05, 4.69) is 31.8 Å². The molecule has 1 aromatic rings. The molecule has 0 aromatic heterocycles. The minimum absolute atomic E-state index is 0.0417. The Hall–Kier alpha value is -0.550. The molecule has 0 bridgehead atoms. The number of thioether (sulfide) groups is 1. The molecule has 4 heteroatoms. The normalized spacial score (nSPS) is 10.3. The highest BCUT2D eigenvalue weighted by atomic mass is 32.2. The Labute approximate surface area is 155 Å². The molecule has 0 aliphatic carbocycles. The molecule has 0 saturated heterocycles. The first-order valence-electron chi connectivity index (χ1n) is 8.00. The van der Waals surface area contributed by atoms with Gasteiger partial charge in [-0.25, -0.2) is 0 Å². The van der Waals surface area contributed by atoms with E-state index in [1.165, 1.54) is 5.56 Å². The highest BCUT2D eigenvalue weighted by Crippen LogP contribution is 2.18. The standard InChI is InChI=1S/C8H10O.C5H12O.C5H12S.C2H6O/c1-9-7-8-5-3-2-4-6-8;2*1-5(2,3)6-4;1-3-2/h2-6H,7H2,1H3;2*1-4H3;1-2H3. The van der Waals surface area contributed by atoms with Crippen LogP contribution in [0.25, 0.3) is 0 Å². The summed E-state index contributed by atoms with van der Waals surface area (Å²) in [6.45, 7) is 13.4. The minimum Gasteiger partial charge on any atom is -0.388 e. The van der Waals surface area contributed by atoms with Gasteiger partial charge in [0.15, 0.2) is 0 Å². The maximum absolute atomic E-state index is 4.94. The van der Waals surface area contributed by atoms with Gasteiger partial charge < -0.3 is 14.2 Å². The number of methoxy groups -OCH3 is 3. The average molecular weight is 361 g/mol. The molecule has 0 saturated carbocycles. The van der Waals surface area contributed by atoms with Crippen molar-refractivity contribution in [3.63, 3.8) is 0 Å². The van der Waals surface area contributed by atoms with Crippen molar-refractivity contribution in [2.24, 2.45) is 0 Å². The van der Waals surface area contributed by atoms with Crippen LogP contribution in [0, 0.1) is 0 Å². The molecule has 24 heavy (non-hydrogen) atoms. The molecular formula is C20H40O3S. The maximum atomic E-state index is 4.94. The van der Waals surface area contributed by atoms with Crippen LogP contribution in [0.1, 0.15) is 47.1 Å². The summed E-state index contributed by atoms with van der Waals surface area (Å²) in [5, 5.41) is 0. The van der Waals surface area contributed by atoms with Crippen molar-refractivity contribution in [1.29, 1.82) is 0 Å². The zero-order valence-electron chi connectivity index (χ0n) is 17.7. The summed E-state index contributed by atoms with van der Waals surface area (Å²) in [5.41, 5.74) is 1.26. The highest BCUT2D eigenvalue weighted by Gasteiger charge is 2.04. The fourth-order valence-electron chi connectivity index (χ4n) is 0.741. The molecule has 0 aliphatic rings. The second-order valence-electron chi connectivity index (χ2n) is 6.96. The fourth-order valence-corrected chi connectivity index (χ4v) is 0.741. The van der Waals surface area contributed by atoms with Crippen LogP contribution in [0.4, 0.5) is 0 Å². The minimum atomic E-state index is 0.0417. The van der Waals surface area contributed by atoms with E-state index in [4.69, 9.17) is 9.47 Å². The molecule has 1 rings (SSSR count). The van der Waals surface area contributed by atoms with Crippen LogP contribution in [0.5, 0.6) is 0 Å². The predicted molar refractivity (Wildman–Crippen MR) is 110 cm³/mol. The number of benzene rings is 1. The topological polar surface area (TPSA) is 27.7 Å². The van der Waals surface area contributed by atoms with E-state index >= 15 is 0 Å². The molecule has 0 spiro atoms. The van der Waals surface area contributed by atoms with Crippen molar-refractivity contribution in [2.45, 2.75) is 58.5 Å². The third-order valence-electron chi connectivity index (χ3n) is 2.38. The molecule has 3 nitrogen and oxygen atoms in total. The molecule has 0 unspecified atom stereocenters. The van der Waals surface area contributed by atoms with E-state index in [1.54, 1.807) is 28.4 Å². The van der Waals surface area contributed by atoms with Crippen LogP contribution in [0.3, 0.4) is 0 Å². The number of hydrogen-bond acceptors (Lipinski definition) is 4. The summed E-state index contributed by atoms with van der Waals surface area (Å²) in [6, 6.07) is 10.1. The monoisotopic (exact) mass is 360 g/mol. The number of rotatable bonds is 2. The lowest BCUT2D eigenvalue weighted by molar-refractivity contribution is 0.0397. The average Bonchev–Trinajstić information content (AvgIpc) is 2.49. The van der Waals surface area contributed by atoms with Gasteiger partial charge in [0, 0.05) is 33.2 Å². The summed E-state index contributed by atoms with van der Waals surface area (Å²) < 4.78 is 14.6. The van der Waals surface area contributed by atoms with E-state index in [-0.39, 0.29) is 5.60 Å². The Morgan fingerprint density at radius 2 is 1.17 bits per heavy atom. The quantitative estimate of drug-likeness (QED) is 0.678.